The van der Waals surface area contributed by atoms with Crippen LogP contribution in [0.2, 0.25) is 0 Å². The van der Waals surface area contributed by atoms with Crippen molar-refractivity contribution < 1.29 is 28.0 Å². The Morgan fingerprint density at radius 3 is 1.60 bits per heavy atom. The Kier molecular flexibility index (Phi) is 27.8. The molecule has 1 amide bonds. The zero-order valence-corrected chi connectivity index (χ0v) is 28.0. The van der Waals surface area contributed by atoms with Crippen LogP contribution in [0.5, 0.6) is 0 Å². The van der Waals surface area contributed by atoms with Crippen LogP contribution in [-0.4, -0.2) is 53.1 Å². The Morgan fingerprint density at radius 2 is 1.07 bits per heavy atom. The molecule has 0 saturated carbocycles. The third-order valence-corrected chi connectivity index (χ3v) is 8.09. The lowest BCUT2D eigenvalue weighted by Crippen LogP contribution is -2.50. The van der Waals surface area contributed by atoms with Crippen LogP contribution in [0, 0.1) is 0 Å². The van der Waals surface area contributed by atoms with E-state index in [2.05, 4.69) is 55.6 Å². The van der Waals surface area contributed by atoms with E-state index < -0.39 is 40.0 Å². The summed E-state index contributed by atoms with van der Waals surface area (Å²) in [4.78, 5) is 12.5. The number of aliphatic hydroxyl groups excluding tert-OH is 2. The van der Waals surface area contributed by atoms with Gasteiger partial charge in [-0.25, -0.2) is 0 Å². The first-order valence-electron chi connectivity index (χ1n) is 16.9. The topological polar surface area (TPSA) is 124 Å². The number of unbranched alkanes of at least 4 members (excludes halogenated alkanes) is 14. The highest BCUT2D eigenvalue weighted by Gasteiger charge is 2.27. The van der Waals surface area contributed by atoms with Gasteiger partial charge >= 0.3 is 0 Å². The minimum Gasteiger partial charge on any atom is -0.387 e. The van der Waals surface area contributed by atoms with E-state index in [-0.39, 0.29) is 6.42 Å². The van der Waals surface area contributed by atoms with Gasteiger partial charge in [-0.2, -0.15) is 8.42 Å². The fourth-order valence-corrected chi connectivity index (χ4v) is 5.38. The predicted octanol–water partition coefficient (Wildman–Crippen LogP) is 8.15. The Morgan fingerprint density at radius 1 is 0.628 bits per heavy atom. The van der Waals surface area contributed by atoms with Crippen LogP contribution in [0.15, 0.2) is 48.6 Å². The summed E-state index contributed by atoms with van der Waals surface area (Å²) in [6.07, 6.45) is 34.6. The summed E-state index contributed by atoms with van der Waals surface area (Å²) in [6, 6.07) is -1.26. The van der Waals surface area contributed by atoms with Crippen molar-refractivity contribution >= 4 is 16.0 Å². The van der Waals surface area contributed by atoms with Gasteiger partial charge in [0.1, 0.15) is 6.10 Å². The number of carbonyl (C=O) groups excluding carboxylic acids is 1. The van der Waals surface area contributed by atoms with Gasteiger partial charge in [0, 0.05) is 0 Å². The summed E-state index contributed by atoms with van der Waals surface area (Å²) in [5, 5.41) is 23.1. The van der Waals surface area contributed by atoms with Gasteiger partial charge < -0.3 is 15.5 Å². The highest BCUT2D eigenvalue weighted by Crippen LogP contribution is 2.11. The molecule has 0 aromatic rings. The first kappa shape index (κ1) is 41.3. The summed E-state index contributed by atoms with van der Waals surface area (Å²) in [7, 11) is -4.45. The van der Waals surface area contributed by atoms with Crippen molar-refractivity contribution in [2.24, 2.45) is 0 Å². The molecule has 4 N–H and O–H groups in total. The fourth-order valence-electron chi connectivity index (χ4n) is 4.64. The van der Waals surface area contributed by atoms with E-state index in [1.54, 1.807) is 6.08 Å². The minimum atomic E-state index is -4.45. The molecule has 0 spiro atoms. The number of aliphatic hydroxyl groups is 2. The lowest BCUT2D eigenvalue weighted by Gasteiger charge is -2.22. The van der Waals surface area contributed by atoms with E-state index in [0.717, 1.165) is 57.8 Å². The van der Waals surface area contributed by atoms with Crippen molar-refractivity contribution in [3.8, 4) is 0 Å². The second-order valence-corrected chi connectivity index (χ2v) is 13.1. The maximum atomic E-state index is 12.5. The molecule has 8 heteroatoms. The van der Waals surface area contributed by atoms with Gasteiger partial charge in [0.25, 0.3) is 10.1 Å². The molecule has 0 saturated heterocycles. The van der Waals surface area contributed by atoms with Crippen LogP contribution < -0.4 is 5.32 Å². The van der Waals surface area contributed by atoms with Crippen LogP contribution in [0.25, 0.3) is 0 Å². The maximum absolute atomic E-state index is 12.5. The molecule has 0 fully saturated rings. The summed E-state index contributed by atoms with van der Waals surface area (Å²) in [6.45, 7) is 4.41. The summed E-state index contributed by atoms with van der Waals surface area (Å²) in [5.74, 6) is -1.58. The van der Waals surface area contributed by atoms with Gasteiger partial charge in [-0.1, -0.05) is 127 Å². The van der Waals surface area contributed by atoms with Crippen molar-refractivity contribution in [1.82, 2.24) is 5.32 Å². The lowest BCUT2D eigenvalue weighted by molar-refractivity contribution is -0.130. The number of nitrogens with one attached hydrogen (secondary N) is 1. The second-order valence-electron chi connectivity index (χ2n) is 11.6. The summed E-state index contributed by atoms with van der Waals surface area (Å²) in [5.41, 5.74) is 0. The lowest BCUT2D eigenvalue weighted by atomic mass is 10.1. The van der Waals surface area contributed by atoms with Crippen LogP contribution >= 0.6 is 0 Å². The van der Waals surface area contributed by atoms with Gasteiger partial charge in [-0.3, -0.25) is 9.35 Å². The zero-order valence-electron chi connectivity index (χ0n) is 27.2. The van der Waals surface area contributed by atoms with Crippen molar-refractivity contribution in [3.63, 3.8) is 0 Å². The van der Waals surface area contributed by atoms with E-state index in [4.69, 9.17) is 0 Å². The number of hydrogen-bond donors (Lipinski definition) is 4. The third-order valence-electron chi connectivity index (χ3n) is 7.31. The van der Waals surface area contributed by atoms with Crippen LogP contribution in [0.3, 0.4) is 0 Å². The van der Waals surface area contributed by atoms with E-state index in [1.807, 2.05) is 0 Å². The van der Waals surface area contributed by atoms with Gasteiger partial charge in [0.15, 0.2) is 0 Å². The molecule has 0 aromatic heterocycles. The Balaban J connectivity index is 4.29. The number of rotatable bonds is 29. The Bertz CT molecular complexity index is 881. The average molecular weight is 626 g/mol. The molecule has 0 bridgehead atoms. The van der Waals surface area contributed by atoms with E-state index in [9.17, 15) is 28.0 Å². The van der Waals surface area contributed by atoms with Gasteiger partial charge in [-0.05, 0) is 64.2 Å². The molecule has 43 heavy (non-hydrogen) atoms. The molecular formula is C35H63NO6S. The molecule has 3 unspecified atom stereocenters. The molecular weight excluding hydrogens is 562 g/mol. The molecule has 0 radical (unpaired) electrons. The number of carbonyl (C=O) groups is 1. The highest BCUT2D eigenvalue weighted by molar-refractivity contribution is 7.85. The largest absolute Gasteiger partial charge is 0.387 e. The molecule has 250 valence electrons. The standard InChI is InChI=1S/C35H63NO6S/c1-3-5-7-9-11-13-15-16-17-18-19-20-22-23-25-27-29-33(37)32(31-43(40,41)42)36-35(39)34(38)30-28-26-24-21-14-12-10-8-6-4-2/h10,12,16-17,20,22,27,29,32-34,37-38H,3-9,11,13-15,18-19,21,23-26,28,30-31H2,1-2H3,(H,36,39)(H,40,41,42)/b12-10-,17-16+,22-20+,29-27+. The van der Waals surface area contributed by atoms with Crippen LogP contribution in [-0.2, 0) is 14.9 Å². The predicted molar refractivity (Wildman–Crippen MR) is 181 cm³/mol. The first-order chi connectivity index (χ1) is 20.7. The monoisotopic (exact) mass is 625 g/mol. The van der Waals surface area contributed by atoms with Crippen LogP contribution in [0.1, 0.15) is 142 Å². The fraction of sp³-hybridized carbons (Fsp3) is 0.743. The normalized spacial score (nSPS) is 14.8. The Hall–Kier alpha value is -1.74. The maximum Gasteiger partial charge on any atom is 0.267 e. The number of amides is 1. The average Bonchev–Trinajstić information content (AvgIpc) is 2.96. The number of allylic oxidation sites excluding steroid dienone is 7. The molecule has 0 rings (SSSR count). The summed E-state index contributed by atoms with van der Waals surface area (Å²) < 4.78 is 32.3. The molecule has 0 aliphatic rings. The first-order valence-corrected chi connectivity index (χ1v) is 18.6. The second kappa shape index (κ2) is 29.0. The van der Waals surface area contributed by atoms with Crippen molar-refractivity contribution in [2.45, 2.75) is 161 Å². The van der Waals surface area contributed by atoms with Crippen molar-refractivity contribution in [1.29, 1.82) is 0 Å². The molecule has 7 nitrogen and oxygen atoms in total. The van der Waals surface area contributed by atoms with E-state index in [0.29, 0.717) is 12.8 Å². The molecule has 0 aliphatic heterocycles. The molecule has 0 aromatic carbocycles. The number of hydrogen-bond acceptors (Lipinski definition) is 5. The van der Waals surface area contributed by atoms with Crippen molar-refractivity contribution in [2.75, 3.05) is 5.75 Å². The smallest absolute Gasteiger partial charge is 0.267 e. The Labute approximate surface area is 263 Å². The van der Waals surface area contributed by atoms with Crippen molar-refractivity contribution in [3.05, 3.63) is 48.6 Å². The van der Waals surface area contributed by atoms with E-state index in [1.165, 1.54) is 57.4 Å². The SMILES string of the molecule is CCCC/C=C\CCCCCCC(O)C(=O)NC(CS(=O)(=O)O)C(O)/C=C/CC/C=C/CC/C=C/CCCCCCCC. The van der Waals surface area contributed by atoms with E-state index >= 15 is 0 Å². The molecule has 3 atom stereocenters. The molecule has 0 aliphatic carbocycles. The third kappa shape index (κ3) is 28.8. The molecule has 0 heterocycles. The van der Waals surface area contributed by atoms with Gasteiger partial charge in [-0.15, -0.1) is 0 Å². The minimum absolute atomic E-state index is 0.254. The zero-order chi connectivity index (χ0) is 32.0. The summed E-state index contributed by atoms with van der Waals surface area (Å²) >= 11 is 0. The highest BCUT2D eigenvalue weighted by atomic mass is 32.2. The van der Waals surface area contributed by atoms with Crippen LogP contribution in [0.4, 0.5) is 0 Å². The van der Waals surface area contributed by atoms with Gasteiger partial charge in [0.05, 0.1) is 17.9 Å². The quantitative estimate of drug-likeness (QED) is 0.0378. The van der Waals surface area contributed by atoms with Gasteiger partial charge in [0.2, 0.25) is 5.91 Å².